The average molecular weight is 412 g/mol. The number of halogens is 1. The number of likely N-dealkylation sites (tertiary alicyclic amines) is 1. The number of amides is 1. The molecule has 0 aliphatic carbocycles. The summed E-state index contributed by atoms with van der Waals surface area (Å²) < 4.78 is 0. The van der Waals surface area contributed by atoms with Crippen LogP contribution in [0, 0.1) is 0 Å². The van der Waals surface area contributed by atoms with Crippen molar-refractivity contribution in [2.24, 2.45) is 0 Å². The Kier molecular flexibility index (Phi) is 6.00. The Morgan fingerprint density at radius 1 is 1.34 bits per heavy atom. The molecule has 1 fully saturated rings. The van der Waals surface area contributed by atoms with Crippen LogP contribution in [-0.2, 0) is 4.79 Å². The van der Waals surface area contributed by atoms with Crippen molar-refractivity contribution in [1.29, 1.82) is 0 Å². The summed E-state index contributed by atoms with van der Waals surface area (Å²) in [7, 11) is 0. The molecule has 7 heteroatoms. The van der Waals surface area contributed by atoms with Gasteiger partial charge < -0.3 is 15.2 Å². The van der Waals surface area contributed by atoms with Gasteiger partial charge in [0.15, 0.2) is 0 Å². The van der Waals surface area contributed by atoms with E-state index in [2.05, 4.69) is 27.2 Å². The molecule has 1 unspecified atom stereocenters. The Hall–Kier alpha value is -2.60. The molecule has 1 aliphatic heterocycles. The minimum atomic E-state index is 0.155. The van der Waals surface area contributed by atoms with Crippen molar-refractivity contribution in [1.82, 2.24) is 19.9 Å². The molecule has 1 aliphatic rings. The second kappa shape index (κ2) is 8.82. The molecule has 6 nitrogen and oxygen atoms in total. The van der Waals surface area contributed by atoms with Gasteiger partial charge >= 0.3 is 0 Å². The van der Waals surface area contributed by atoms with Crippen LogP contribution >= 0.6 is 11.6 Å². The zero-order valence-electron chi connectivity index (χ0n) is 16.6. The number of hydrogen-bond donors (Lipinski definition) is 2. The highest BCUT2D eigenvalue weighted by Crippen LogP contribution is 2.32. The van der Waals surface area contributed by atoms with Crippen molar-refractivity contribution in [3.63, 3.8) is 0 Å². The van der Waals surface area contributed by atoms with E-state index in [1.54, 1.807) is 6.20 Å². The Balaban J connectivity index is 1.46. The SMILES string of the molecule is CCCCCC(=O)N1CCC(Nc2ncc(Cl)c(-c3c[nH]c4ccccc34)n2)C1. The molecule has 29 heavy (non-hydrogen) atoms. The topological polar surface area (TPSA) is 73.9 Å². The van der Waals surface area contributed by atoms with Crippen LogP contribution in [0.15, 0.2) is 36.7 Å². The molecule has 0 radical (unpaired) electrons. The molecule has 4 rings (SSSR count). The maximum atomic E-state index is 12.3. The number of anilines is 1. The monoisotopic (exact) mass is 411 g/mol. The lowest BCUT2D eigenvalue weighted by molar-refractivity contribution is -0.130. The van der Waals surface area contributed by atoms with Gasteiger partial charge in [-0.05, 0) is 18.9 Å². The fourth-order valence-electron chi connectivity index (χ4n) is 3.86. The van der Waals surface area contributed by atoms with Gasteiger partial charge in [-0.15, -0.1) is 0 Å². The maximum Gasteiger partial charge on any atom is 0.223 e. The molecule has 1 atom stereocenters. The molecular formula is C22H26ClN5O. The third kappa shape index (κ3) is 4.37. The first-order valence-electron chi connectivity index (χ1n) is 10.3. The van der Waals surface area contributed by atoms with E-state index >= 15 is 0 Å². The zero-order valence-corrected chi connectivity index (χ0v) is 17.4. The summed E-state index contributed by atoms with van der Waals surface area (Å²) in [5.41, 5.74) is 2.70. The van der Waals surface area contributed by atoms with Gasteiger partial charge in [-0.1, -0.05) is 49.6 Å². The molecule has 1 saturated heterocycles. The van der Waals surface area contributed by atoms with Crippen LogP contribution in [0.25, 0.3) is 22.2 Å². The number of carbonyl (C=O) groups is 1. The number of unbranched alkanes of at least 4 members (excludes halogenated alkanes) is 2. The van der Waals surface area contributed by atoms with Gasteiger partial charge in [-0.3, -0.25) is 4.79 Å². The number of benzene rings is 1. The van der Waals surface area contributed by atoms with Gasteiger partial charge in [0.25, 0.3) is 0 Å². The highest BCUT2D eigenvalue weighted by Gasteiger charge is 2.26. The number of para-hydroxylation sites is 1. The summed E-state index contributed by atoms with van der Waals surface area (Å²) in [5, 5.41) is 4.97. The van der Waals surface area contributed by atoms with E-state index in [1.807, 2.05) is 35.4 Å². The van der Waals surface area contributed by atoms with E-state index in [1.165, 1.54) is 0 Å². The molecular weight excluding hydrogens is 386 g/mol. The van der Waals surface area contributed by atoms with Crippen molar-refractivity contribution in [3.8, 4) is 11.3 Å². The van der Waals surface area contributed by atoms with Crippen molar-refractivity contribution in [2.45, 2.75) is 45.1 Å². The molecule has 0 spiro atoms. The standard InChI is InChI=1S/C22H26ClN5O/c1-2-3-4-9-20(29)28-11-10-15(14-28)26-22-25-13-18(23)21(27-22)17-12-24-19-8-6-5-7-16(17)19/h5-8,12-13,15,24H,2-4,9-11,14H2,1H3,(H,25,26,27). The lowest BCUT2D eigenvalue weighted by Gasteiger charge is -2.17. The lowest BCUT2D eigenvalue weighted by Crippen LogP contribution is -2.31. The highest BCUT2D eigenvalue weighted by atomic mass is 35.5. The lowest BCUT2D eigenvalue weighted by atomic mass is 10.1. The van der Waals surface area contributed by atoms with Crippen molar-refractivity contribution < 1.29 is 4.79 Å². The van der Waals surface area contributed by atoms with E-state index in [0.29, 0.717) is 29.6 Å². The van der Waals surface area contributed by atoms with Crippen molar-refractivity contribution in [3.05, 3.63) is 41.7 Å². The van der Waals surface area contributed by atoms with E-state index in [4.69, 9.17) is 11.6 Å². The van der Waals surface area contributed by atoms with E-state index in [9.17, 15) is 4.79 Å². The Morgan fingerprint density at radius 2 is 2.21 bits per heavy atom. The molecule has 2 aromatic heterocycles. The first kappa shape index (κ1) is 19.7. The second-order valence-corrected chi connectivity index (χ2v) is 7.97. The van der Waals surface area contributed by atoms with E-state index < -0.39 is 0 Å². The van der Waals surface area contributed by atoms with Crippen molar-refractivity contribution >= 4 is 34.4 Å². The molecule has 3 heterocycles. The number of aromatic nitrogens is 3. The second-order valence-electron chi connectivity index (χ2n) is 7.56. The van der Waals surface area contributed by atoms with Gasteiger partial charge in [0.2, 0.25) is 11.9 Å². The van der Waals surface area contributed by atoms with Crippen LogP contribution in [0.3, 0.4) is 0 Å². The quantitative estimate of drug-likeness (QED) is 0.544. The predicted octanol–water partition coefficient (Wildman–Crippen LogP) is 4.87. The van der Waals surface area contributed by atoms with E-state index in [0.717, 1.165) is 48.7 Å². The number of fused-ring (bicyclic) bond motifs is 1. The highest BCUT2D eigenvalue weighted by molar-refractivity contribution is 6.33. The number of H-pyrrole nitrogens is 1. The molecule has 3 aromatic rings. The van der Waals surface area contributed by atoms with Crippen LogP contribution in [0.1, 0.15) is 39.0 Å². The van der Waals surface area contributed by atoms with Gasteiger partial charge in [0.05, 0.1) is 16.9 Å². The summed E-state index contributed by atoms with van der Waals surface area (Å²) in [6.45, 7) is 3.63. The molecule has 1 amide bonds. The van der Waals surface area contributed by atoms with Crippen LogP contribution in [0.4, 0.5) is 5.95 Å². The van der Waals surface area contributed by atoms with Crippen LogP contribution < -0.4 is 5.32 Å². The van der Waals surface area contributed by atoms with Crippen molar-refractivity contribution in [2.75, 3.05) is 18.4 Å². The molecule has 0 saturated carbocycles. The van der Waals surface area contributed by atoms with Gasteiger partial charge in [0, 0.05) is 48.2 Å². The predicted molar refractivity (Wildman–Crippen MR) is 117 cm³/mol. The molecule has 152 valence electrons. The average Bonchev–Trinajstić information content (AvgIpc) is 3.37. The normalized spacial score (nSPS) is 16.5. The molecule has 1 aromatic carbocycles. The summed E-state index contributed by atoms with van der Waals surface area (Å²) in [5.74, 6) is 0.791. The van der Waals surface area contributed by atoms with Gasteiger partial charge in [-0.25, -0.2) is 9.97 Å². The van der Waals surface area contributed by atoms with Crippen LogP contribution in [0.2, 0.25) is 5.02 Å². The summed E-state index contributed by atoms with van der Waals surface area (Å²) in [4.78, 5) is 26.6. The maximum absolute atomic E-state index is 12.3. The van der Waals surface area contributed by atoms with E-state index in [-0.39, 0.29) is 11.9 Å². The number of aromatic amines is 1. The number of hydrogen-bond acceptors (Lipinski definition) is 4. The fourth-order valence-corrected chi connectivity index (χ4v) is 4.06. The smallest absolute Gasteiger partial charge is 0.223 e. The third-order valence-electron chi connectivity index (χ3n) is 5.46. The van der Waals surface area contributed by atoms with Gasteiger partial charge in [0.1, 0.15) is 0 Å². The summed E-state index contributed by atoms with van der Waals surface area (Å²) >= 11 is 6.41. The van der Waals surface area contributed by atoms with Crippen LogP contribution in [0.5, 0.6) is 0 Å². The molecule has 2 N–H and O–H groups in total. The zero-order chi connectivity index (χ0) is 20.2. The van der Waals surface area contributed by atoms with Crippen LogP contribution in [-0.4, -0.2) is 44.9 Å². The fraction of sp³-hybridized carbons (Fsp3) is 0.409. The largest absolute Gasteiger partial charge is 0.360 e. The number of carbonyl (C=O) groups excluding carboxylic acids is 1. The molecule has 0 bridgehead atoms. The number of nitrogens with one attached hydrogen (secondary N) is 2. The summed E-state index contributed by atoms with van der Waals surface area (Å²) in [6.07, 6.45) is 8.31. The minimum absolute atomic E-state index is 0.155. The Bertz CT molecular complexity index is 1000. The first-order valence-corrected chi connectivity index (χ1v) is 10.7. The third-order valence-corrected chi connectivity index (χ3v) is 5.73. The minimum Gasteiger partial charge on any atom is -0.360 e. The summed E-state index contributed by atoms with van der Waals surface area (Å²) in [6, 6.07) is 8.22. The Labute approximate surface area is 175 Å². The number of rotatable bonds is 7. The van der Waals surface area contributed by atoms with Gasteiger partial charge in [-0.2, -0.15) is 0 Å². The first-order chi connectivity index (χ1) is 14.2. The Morgan fingerprint density at radius 3 is 3.07 bits per heavy atom. The number of nitrogens with zero attached hydrogens (tertiary/aromatic N) is 3.